The molecule has 4 heteroatoms. The van der Waals surface area contributed by atoms with Crippen molar-refractivity contribution >= 4 is 5.71 Å². The van der Waals surface area contributed by atoms with Gasteiger partial charge in [0.25, 0.3) is 0 Å². The molecule has 2 fully saturated rings. The Labute approximate surface area is 103 Å². The van der Waals surface area contributed by atoms with E-state index in [0.717, 1.165) is 44.7 Å². The van der Waals surface area contributed by atoms with Crippen molar-refractivity contribution in [1.29, 1.82) is 0 Å². The fourth-order valence-corrected chi connectivity index (χ4v) is 2.57. The van der Waals surface area contributed by atoms with Crippen molar-refractivity contribution in [3.8, 4) is 0 Å². The Kier molecular flexibility index (Phi) is 3.97. The Bertz CT molecular complexity index is 354. The van der Waals surface area contributed by atoms with Crippen LogP contribution in [0.5, 0.6) is 0 Å². The van der Waals surface area contributed by atoms with Gasteiger partial charge in [0.15, 0.2) is 0 Å². The van der Waals surface area contributed by atoms with Crippen LogP contribution in [-0.2, 0) is 0 Å². The number of rotatable bonds is 2. The molecule has 1 unspecified atom stereocenters. The molecule has 0 aromatic carbocycles. The zero-order valence-corrected chi connectivity index (χ0v) is 10.4. The molecule has 1 heterocycles. The summed E-state index contributed by atoms with van der Waals surface area (Å²) in [4.78, 5) is 6.61. The van der Waals surface area contributed by atoms with Crippen LogP contribution in [0.2, 0.25) is 0 Å². The summed E-state index contributed by atoms with van der Waals surface area (Å²) in [5.41, 5.74) is 3.29. The van der Waals surface area contributed by atoms with Gasteiger partial charge in [0.2, 0.25) is 0 Å². The predicted molar refractivity (Wildman–Crippen MR) is 70.0 cm³/mol. The van der Waals surface area contributed by atoms with Crippen molar-refractivity contribution in [2.75, 3.05) is 26.2 Å². The highest BCUT2D eigenvalue weighted by atomic mass is 16.3. The van der Waals surface area contributed by atoms with Gasteiger partial charge < -0.3 is 15.3 Å². The van der Waals surface area contributed by atoms with E-state index in [4.69, 9.17) is 0 Å². The van der Waals surface area contributed by atoms with Gasteiger partial charge in [0.1, 0.15) is 0 Å². The fourth-order valence-electron chi connectivity index (χ4n) is 2.57. The average molecular weight is 235 g/mol. The second-order valence-corrected chi connectivity index (χ2v) is 4.55. The van der Waals surface area contributed by atoms with Gasteiger partial charge in [0, 0.05) is 38.1 Å². The smallest absolute Gasteiger partial charge is 0.0966 e. The number of aliphatic hydroxyl groups excluding tert-OH is 1. The minimum absolute atomic E-state index is 0.416. The number of piperazine rings is 1. The molecule has 0 aromatic rings. The molecule has 2 N–H and O–H groups in total. The van der Waals surface area contributed by atoms with E-state index in [1.807, 2.05) is 0 Å². The van der Waals surface area contributed by atoms with Crippen molar-refractivity contribution in [3.05, 3.63) is 24.0 Å². The molecule has 4 nitrogen and oxygen atoms in total. The molecule has 2 aliphatic rings. The van der Waals surface area contributed by atoms with Crippen LogP contribution in [0, 0.1) is 0 Å². The van der Waals surface area contributed by atoms with E-state index in [-0.39, 0.29) is 0 Å². The molecule has 2 rings (SSSR count). The molecule has 1 saturated carbocycles. The standard InChI is InChI=1S/C13H21N3O/c1-3-15-13-11(4-5-12(13)17)10(2)16-8-6-14-7-9-16/h3,12,14,17H,1,4-9H2,2H3/b11-10+,15-13?. The highest BCUT2D eigenvalue weighted by Crippen LogP contribution is 2.27. The number of nitrogens with zero attached hydrogens (tertiary/aromatic N) is 2. The molecule has 1 atom stereocenters. The third-order valence-corrected chi connectivity index (χ3v) is 3.55. The maximum absolute atomic E-state index is 9.89. The molecular weight excluding hydrogens is 214 g/mol. The third kappa shape index (κ3) is 2.58. The summed E-state index contributed by atoms with van der Waals surface area (Å²) in [5.74, 6) is 0. The lowest BCUT2D eigenvalue weighted by Crippen LogP contribution is -2.42. The van der Waals surface area contributed by atoms with Gasteiger partial charge in [0.05, 0.1) is 11.8 Å². The first-order chi connectivity index (χ1) is 8.24. The summed E-state index contributed by atoms with van der Waals surface area (Å²) in [7, 11) is 0. The maximum Gasteiger partial charge on any atom is 0.0966 e. The van der Waals surface area contributed by atoms with Crippen molar-refractivity contribution in [1.82, 2.24) is 10.2 Å². The number of aliphatic hydroxyl groups is 1. The molecule has 94 valence electrons. The van der Waals surface area contributed by atoms with E-state index in [0.29, 0.717) is 0 Å². The van der Waals surface area contributed by atoms with Crippen LogP contribution in [0.15, 0.2) is 29.0 Å². The van der Waals surface area contributed by atoms with E-state index >= 15 is 0 Å². The molecule has 0 spiro atoms. The Morgan fingerprint density at radius 3 is 2.88 bits per heavy atom. The topological polar surface area (TPSA) is 47.9 Å². The van der Waals surface area contributed by atoms with Crippen molar-refractivity contribution in [2.24, 2.45) is 4.99 Å². The van der Waals surface area contributed by atoms with Crippen molar-refractivity contribution in [3.63, 3.8) is 0 Å². The molecule has 17 heavy (non-hydrogen) atoms. The SMILES string of the molecule is C=CN=C1/C(=C(\C)N2CCNCC2)CCC1O. The Balaban J connectivity index is 2.23. The summed E-state index contributed by atoms with van der Waals surface area (Å²) < 4.78 is 0. The van der Waals surface area contributed by atoms with Crippen LogP contribution in [-0.4, -0.2) is 48.0 Å². The monoisotopic (exact) mass is 235 g/mol. The lowest BCUT2D eigenvalue weighted by Gasteiger charge is -2.31. The molecule has 1 aliphatic heterocycles. The minimum atomic E-state index is -0.416. The van der Waals surface area contributed by atoms with E-state index in [9.17, 15) is 5.11 Å². The van der Waals surface area contributed by atoms with Gasteiger partial charge in [-0.2, -0.15) is 0 Å². The maximum atomic E-state index is 9.89. The van der Waals surface area contributed by atoms with Gasteiger partial charge in [-0.15, -0.1) is 0 Å². The van der Waals surface area contributed by atoms with Crippen LogP contribution < -0.4 is 5.32 Å². The van der Waals surface area contributed by atoms with Crippen molar-refractivity contribution in [2.45, 2.75) is 25.9 Å². The van der Waals surface area contributed by atoms with Crippen LogP contribution in [0.3, 0.4) is 0 Å². The van der Waals surface area contributed by atoms with Gasteiger partial charge >= 0.3 is 0 Å². The molecule has 0 bridgehead atoms. The van der Waals surface area contributed by atoms with E-state index in [2.05, 4.69) is 28.7 Å². The van der Waals surface area contributed by atoms with Gasteiger partial charge in [-0.25, -0.2) is 0 Å². The lowest BCUT2D eigenvalue weighted by atomic mass is 10.1. The minimum Gasteiger partial charge on any atom is -0.387 e. The van der Waals surface area contributed by atoms with E-state index in [1.54, 1.807) is 0 Å². The van der Waals surface area contributed by atoms with Crippen LogP contribution >= 0.6 is 0 Å². The van der Waals surface area contributed by atoms with Crippen LogP contribution in [0.1, 0.15) is 19.8 Å². The van der Waals surface area contributed by atoms with Crippen molar-refractivity contribution < 1.29 is 5.11 Å². The lowest BCUT2D eigenvalue weighted by molar-refractivity contribution is 0.242. The number of allylic oxidation sites excluding steroid dienone is 1. The second kappa shape index (κ2) is 5.47. The Hall–Kier alpha value is -1.13. The van der Waals surface area contributed by atoms with E-state index < -0.39 is 6.10 Å². The van der Waals surface area contributed by atoms with Crippen LogP contribution in [0.25, 0.3) is 0 Å². The zero-order valence-electron chi connectivity index (χ0n) is 10.4. The molecule has 0 aromatic heterocycles. The summed E-state index contributed by atoms with van der Waals surface area (Å²) in [5, 5.41) is 13.2. The number of aliphatic imine (C=N–C) groups is 1. The third-order valence-electron chi connectivity index (χ3n) is 3.55. The molecule has 1 saturated heterocycles. The first-order valence-electron chi connectivity index (χ1n) is 6.26. The number of hydrogen-bond donors (Lipinski definition) is 2. The largest absolute Gasteiger partial charge is 0.387 e. The first-order valence-corrected chi connectivity index (χ1v) is 6.26. The van der Waals surface area contributed by atoms with Crippen LogP contribution in [0.4, 0.5) is 0 Å². The summed E-state index contributed by atoms with van der Waals surface area (Å²) in [6, 6.07) is 0. The fraction of sp³-hybridized carbons (Fsp3) is 0.615. The number of hydrogen-bond acceptors (Lipinski definition) is 4. The average Bonchev–Trinajstić information content (AvgIpc) is 2.72. The predicted octanol–water partition coefficient (Wildman–Crippen LogP) is 0.905. The summed E-state index contributed by atoms with van der Waals surface area (Å²) in [6.45, 7) is 9.88. The van der Waals surface area contributed by atoms with Gasteiger partial charge in [-0.1, -0.05) is 6.58 Å². The van der Waals surface area contributed by atoms with E-state index in [1.165, 1.54) is 17.5 Å². The van der Waals surface area contributed by atoms with Gasteiger partial charge in [-0.05, 0) is 25.3 Å². The zero-order chi connectivity index (χ0) is 12.3. The Morgan fingerprint density at radius 2 is 2.24 bits per heavy atom. The summed E-state index contributed by atoms with van der Waals surface area (Å²) >= 11 is 0. The highest BCUT2D eigenvalue weighted by molar-refractivity contribution is 6.06. The second-order valence-electron chi connectivity index (χ2n) is 4.55. The van der Waals surface area contributed by atoms with Gasteiger partial charge in [-0.3, -0.25) is 4.99 Å². The first kappa shape index (κ1) is 12.3. The molecule has 0 radical (unpaired) electrons. The molecular formula is C13H21N3O. The Morgan fingerprint density at radius 1 is 1.53 bits per heavy atom. The molecule has 0 amide bonds. The highest BCUT2D eigenvalue weighted by Gasteiger charge is 2.28. The quantitative estimate of drug-likeness (QED) is 0.748. The normalized spacial score (nSPS) is 30.8. The molecule has 1 aliphatic carbocycles. The number of nitrogens with one attached hydrogen (secondary N) is 1. The summed E-state index contributed by atoms with van der Waals surface area (Å²) in [6.07, 6.45) is 2.81.